The lowest BCUT2D eigenvalue weighted by molar-refractivity contribution is -0.137. The summed E-state index contributed by atoms with van der Waals surface area (Å²) in [6, 6.07) is 0. The Bertz CT molecular complexity index is 428. The highest BCUT2D eigenvalue weighted by atomic mass is 16.4. The first kappa shape index (κ1) is 21.1. The van der Waals surface area contributed by atoms with Crippen LogP contribution in [-0.4, -0.2) is 22.3 Å². The Labute approximate surface area is 140 Å². The van der Waals surface area contributed by atoms with E-state index in [1.807, 2.05) is 30.4 Å². The zero-order valence-corrected chi connectivity index (χ0v) is 14.1. The largest absolute Gasteiger partial charge is 0.481 e. The van der Waals surface area contributed by atoms with Gasteiger partial charge in [-0.3, -0.25) is 4.79 Å². The Morgan fingerprint density at radius 2 is 1.65 bits per heavy atom. The van der Waals surface area contributed by atoms with Crippen LogP contribution >= 0.6 is 0 Å². The van der Waals surface area contributed by atoms with Crippen molar-refractivity contribution in [1.82, 2.24) is 0 Å². The van der Waals surface area contributed by atoms with E-state index in [4.69, 9.17) is 5.11 Å². The average Bonchev–Trinajstić information content (AvgIpc) is 2.51. The summed E-state index contributed by atoms with van der Waals surface area (Å²) in [5, 5.41) is 18.1. The van der Waals surface area contributed by atoms with Gasteiger partial charge in [0.25, 0.3) is 0 Å². The van der Waals surface area contributed by atoms with Crippen LogP contribution in [0.2, 0.25) is 0 Å². The van der Waals surface area contributed by atoms with Crippen LogP contribution in [0, 0.1) is 0 Å². The Morgan fingerprint density at radius 1 is 0.957 bits per heavy atom. The molecule has 0 rings (SSSR count). The molecule has 0 unspecified atom stereocenters. The molecule has 0 aromatic heterocycles. The van der Waals surface area contributed by atoms with Crippen molar-refractivity contribution >= 4 is 5.97 Å². The van der Waals surface area contributed by atoms with E-state index >= 15 is 0 Å². The topological polar surface area (TPSA) is 57.5 Å². The molecule has 0 saturated carbocycles. The van der Waals surface area contributed by atoms with Crippen molar-refractivity contribution < 1.29 is 15.0 Å². The van der Waals surface area contributed by atoms with Gasteiger partial charge in [0.15, 0.2) is 0 Å². The van der Waals surface area contributed by atoms with Crippen molar-refractivity contribution in [2.45, 2.75) is 58.0 Å². The number of allylic oxidation sites excluding steroid dienone is 8. The summed E-state index contributed by atoms with van der Waals surface area (Å²) >= 11 is 0. The molecule has 3 heteroatoms. The van der Waals surface area contributed by atoms with Crippen molar-refractivity contribution in [1.29, 1.82) is 0 Å². The van der Waals surface area contributed by atoms with Crippen LogP contribution in [0.25, 0.3) is 0 Å². The van der Waals surface area contributed by atoms with Gasteiger partial charge in [0, 0.05) is 6.42 Å². The normalized spacial score (nSPS) is 14.2. The third-order valence-corrected chi connectivity index (χ3v) is 3.00. The lowest BCUT2D eigenvalue weighted by Crippen LogP contribution is -1.98. The molecule has 23 heavy (non-hydrogen) atoms. The first-order valence-corrected chi connectivity index (χ1v) is 8.35. The number of hydrogen-bond donors (Lipinski definition) is 2. The summed E-state index contributed by atoms with van der Waals surface area (Å²) in [6.07, 6.45) is 24.7. The van der Waals surface area contributed by atoms with Gasteiger partial charge in [0.2, 0.25) is 0 Å². The fraction of sp³-hybridized carbons (Fsp3) is 0.450. The highest BCUT2D eigenvalue weighted by Gasteiger charge is 1.93. The summed E-state index contributed by atoms with van der Waals surface area (Å²) in [4.78, 5) is 10.3. The number of carboxylic acids is 1. The molecule has 0 bridgehead atoms. The van der Waals surface area contributed by atoms with Crippen molar-refractivity contribution in [2.24, 2.45) is 0 Å². The monoisotopic (exact) mass is 318 g/mol. The fourth-order valence-corrected chi connectivity index (χ4v) is 1.77. The number of rotatable bonds is 13. The Kier molecular flexibility index (Phi) is 15.2. The molecular weight excluding hydrogens is 288 g/mol. The standard InChI is InChI=1S/C20H30O3/c1-2-3-13-16-19(21)17-14-11-9-7-5-4-6-8-10-12-15-18-20(22)23/h3-5,8-11,13-14,17,19,21H,2,6-7,12,15-16,18H2,1H3,(H,22,23)/b5-4-,10-8-,11-9-,13-3+,17-14+/t19-/m0/s1. The lowest BCUT2D eigenvalue weighted by Gasteiger charge is -1.98. The Hall–Kier alpha value is -1.87. The molecule has 2 N–H and O–H groups in total. The molecule has 0 radical (unpaired) electrons. The van der Waals surface area contributed by atoms with Crippen LogP contribution in [-0.2, 0) is 4.79 Å². The zero-order chi connectivity index (χ0) is 17.2. The molecule has 0 saturated heterocycles. The summed E-state index contributed by atoms with van der Waals surface area (Å²) in [7, 11) is 0. The number of aliphatic hydroxyl groups excluding tert-OH is 1. The van der Waals surface area contributed by atoms with Gasteiger partial charge in [-0.1, -0.05) is 67.7 Å². The van der Waals surface area contributed by atoms with E-state index in [0.29, 0.717) is 12.8 Å². The van der Waals surface area contributed by atoms with E-state index in [1.54, 1.807) is 6.08 Å². The predicted molar refractivity (Wildman–Crippen MR) is 97.3 cm³/mol. The molecular formula is C20H30O3. The first-order chi connectivity index (χ1) is 11.2. The van der Waals surface area contributed by atoms with E-state index in [2.05, 4.69) is 31.2 Å². The maximum atomic E-state index is 10.3. The molecule has 0 spiro atoms. The van der Waals surface area contributed by atoms with Crippen LogP contribution < -0.4 is 0 Å². The number of aliphatic carboxylic acids is 1. The van der Waals surface area contributed by atoms with Crippen LogP contribution in [0.15, 0.2) is 60.8 Å². The molecule has 0 aromatic rings. The summed E-state index contributed by atoms with van der Waals surface area (Å²) in [6.45, 7) is 2.07. The highest BCUT2D eigenvalue weighted by Crippen LogP contribution is 1.99. The van der Waals surface area contributed by atoms with E-state index in [9.17, 15) is 9.90 Å². The Balaban J connectivity index is 3.63. The molecule has 3 nitrogen and oxygen atoms in total. The molecule has 0 aromatic carbocycles. The van der Waals surface area contributed by atoms with Crippen molar-refractivity contribution in [2.75, 3.05) is 0 Å². The molecule has 0 fully saturated rings. The van der Waals surface area contributed by atoms with Gasteiger partial charge in [-0.2, -0.15) is 0 Å². The molecule has 0 heterocycles. The van der Waals surface area contributed by atoms with Crippen LogP contribution in [0.5, 0.6) is 0 Å². The molecule has 0 aliphatic rings. The average molecular weight is 318 g/mol. The molecule has 0 aliphatic heterocycles. The number of carbonyl (C=O) groups is 1. The quantitative estimate of drug-likeness (QED) is 0.286. The number of carboxylic acid groups (broad SMARTS) is 1. The summed E-state index contributed by atoms with van der Waals surface area (Å²) < 4.78 is 0. The van der Waals surface area contributed by atoms with E-state index in [-0.39, 0.29) is 6.42 Å². The van der Waals surface area contributed by atoms with Crippen LogP contribution in [0.1, 0.15) is 51.9 Å². The summed E-state index contributed by atoms with van der Waals surface area (Å²) in [5.41, 5.74) is 0. The van der Waals surface area contributed by atoms with Crippen LogP contribution in [0.3, 0.4) is 0 Å². The maximum Gasteiger partial charge on any atom is 0.303 e. The third kappa shape index (κ3) is 18.1. The predicted octanol–water partition coefficient (Wildman–Crippen LogP) is 4.96. The van der Waals surface area contributed by atoms with Gasteiger partial charge in [-0.25, -0.2) is 0 Å². The minimum Gasteiger partial charge on any atom is -0.481 e. The van der Waals surface area contributed by atoms with E-state index < -0.39 is 12.1 Å². The number of aliphatic hydroxyl groups is 1. The Morgan fingerprint density at radius 3 is 2.35 bits per heavy atom. The number of hydrogen-bond acceptors (Lipinski definition) is 2. The highest BCUT2D eigenvalue weighted by molar-refractivity contribution is 5.66. The second-order valence-corrected chi connectivity index (χ2v) is 5.20. The number of unbranched alkanes of at least 4 members (excludes halogenated alkanes) is 1. The van der Waals surface area contributed by atoms with E-state index in [0.717, 1.165) is 25.7 Å². The summed E-state index contributed by atoms with van der Waals surface area (Å²) in [5.74, 6) is -0.732. The zero-order valence-electron chi connectivity index (χ0n) is 14.1. The molecule has 1 atom stereocenters. The molecule has 0 aliphatic carbocycles. The van der Waals surface area contributed by atoms with Crippen molar-refractivity contribution in [3.8, 4) is 0 Å². The fourth-order valence-electron chi connectivity index (χ4n) is 1.77. The van der Waals surface area contributed by atoms with Crippen molar-refractivity contribution in [3.05, 3.63) is 60.8 Å². The van der Waals surface area contributed by atoms with Gasteiger partial charge in [0.05, 0.1) is 6.10 Å². The van der Waals surface area contributed by atoms with Gasteiger partial charge in [-0.05, 0) is 38.5 Å². The van der Waals surface area contributed by atoms with Crippen molar-refractivity contribution in [3.63, 3.8) is 0 Å². The lowest BCUT2D eigenvalue weighted by atomic mass is 10.2. The molecule has 128 valence electrons. The second kappa shape index (κ2) is 16.5. The van der Waals surface area contributed by atoms with Gasteiger partial charge in [-0.15, -0.1) is 0 Å². The third-order valence-electron chi connectivity index (χ3n) is 3.00. The minimum atomic E-state index is -0.732. The second-order valence-electron chi connectivity index (χ2n) is 5.20. The smallest absolute Gasteiger partial charge is 0.303 e. The first-order valence-electron chi connectivity index (χ1n) is 8.35. The van der Waals surface area contributed by atoms with Crippen LogP contribution in [0.4, 0.5) is 0 Å². The maximum absolute atomic E-state index is 10.3. The van der Waals surface area contributed by atoms with E-state index in [1.165, 1.54) is 0 Å². The van der Waals surface area contributed by atoms with Gasteiger partial charge < -0.3 is 10.2 Å². The van der Waals surface area contributed by atoms with Gasteiger partial charge >= 0.3 is 5.97 Å². The SMILES string of the molecule is CC/C=C/C[C@H](O)/C=C/C=C\C/C=C\C/C=C\CCCC(=O)O. The van der Waals surface area contributed by atoms with Gasteiger partial charge in [0.1, 0.15) is 0 Å². The molecule has 0 amide bonds. The minimum absolute atomic E-state index is 0.238.